The molecule has 0 aliphatic carbocycles. The molecule has 0 bridgehead atoms. The lowest BCUT2D eigenvalue weighted by molar-refractivity contribution is 0.0302. The summed E-state index contributed by atoms with van der Waals surface area (Å²) in [6.07, 6.45) is 0. The minimum absolute atomic E-state index is 0. The topological polar surface area (TPSA) is 35.5 Å². The molecular formula is C16H26Cl2N2O. The zero-order chi connectivity index (χ0) is 14.8. The zero-order valence-corrected chi connectivity index (χ0v) is 14.6. The molecule has 2 rings (SSSR count). The van der Waals surface area contributed by atoms with E-state index in [0.717, 1.165) is 36.8 Å². The van der Waals surface area contributed by atoms with Crippen molar-refractivity contribution < 1.29 is 5.11 Å². The number of aliphatic hydroxyl groups excluding tert-OH is 1. The maximum Gasteiger partial charge on any atom is 0.0500 e. The van der Waals surface area contributed by atoms with Crippen LogP contribution in [0.3, 0.4) is 0 Å². The summed E-state index contributed by atoms with van der Waals surface area (Å²) < 4.78 is 0. The maximum atomic E-state index is 9.85. The van der Waals surface area contributed by atoms with Crippen LogP contribution in [0.4, 0.5) is 0 Å². The van der Waals surface area contributed by atoms with Crippen LogP contribution in [0.5, 0.6) is 0 Å². The molecule has 1 aromatic carbocycles. The second kappa shape index (κ2) is 7.80. The van der Waals surface area contributed by atoms with Gasteiger partial charge in [-0.1, -0.05) is 37.6 Å². The van der Waals surface area contributed by atoms with E-state index in [1.807, 2.05) is 12.1 Å². The first kappa shape index (κ1) is 18.7. The van der Waals surface area contributed by atoms with E-state index in [9.17, 15) is 5.11 Å². The van der Waals surface area contributed by atoms with Gasteiger partial charge in [0.2, 0.25) is 0 Å². The Balaban J connectivity index is 0.00000220. The molecule has 0 radical (unpaired) electrons. The van der Waals surface area contributed by atoms with E-state index in [1.54, 1.807) is 0 Å². The average Bonchev–Trinajstić information content (AvgIpc) is 2.43. The molecule has 0 spiro atoms. The van der Waals surface area contributed by atoms with E-state index in [1.165, 1.54) is 5.56 Å². The first-order valence-electron chi connectivity index (χ1n) is 7.28. The normalized spacial score (nSPS) is 18.1. The predicted molar refractivity (Wildman–Crippen MR) is 91.5 cm³/mol. The van der Waals surface area contributed by atoms with Gasteiger partial charge in [-0.25, -0.2) is 0 Å². The average molecular weight is 333 g/mol. The van der Waals surface area contributed by atoms with Crippen LogP contribution in [0.15, 0.2) is 18.2 Å². The van der Waals surface area contributed by atoms with Gasteiger partial charge in [-0.2, -0.15) is 0 Å². The molecule has 120 valence electrons. The Bertz CT molecular complexity index is 439. The highest BCUT2D eigenvalue weighted by atomic mass is 35.5. The standard InChI is InChI=1S/C16H25ClN2O.ClH/c1-12-5-4-6-13(17)14(12)15(16(2,3)11-20)19-9-7-18-8-10-19;/h4-6,15,18,20H,7-11H2,1-3H3;1H/t15-;/m1./s1. The van der Waals surface area contributed by atoms with E-state index >= 15 is 0 Å². The summed E-state index contributed by atoms with van der Waals surface area (Å²) in [5.41, 5.74) is 2.13. The van der Waals surface area contributed by atoms with Gasteiger partial charge in [-0.3, -0.25) is 4.90 Å². The van der Waals surface area contributed by atoms with Gasteiger partial charge < -0.3 is 10.4 Å². The molecule has 3 nitrogen and oxygen atoms in total. The van der Waals surface area contributed by atoms with Crippen molar-refractivity contribution in [3.8, 4) is 0 Å². The van der Waals surface area contributed by atoms with E-state index in [-0.39, 0.29) is 30.5 Å². The van der Waals surface area contributed by atoms with Crippen molar-refractivity contribution in [1.82, 2.24) is 10.2 Å². The van der Waals surface area contributed by atoms with E-state index in [2.05, 4.69) is 37.1 Å². The Kier molecular flexibility index (Phi) is 6.95. The monoisotopic (exact) mass is 332 g/mol. The Labute approximate surface area is 139 Å². The molecule has 5 heteroatoms. The number of benzene rings is 1. The zero-order valence-electron chi connectivity index (χ0n) is 13.0. The molecule has 1 aromatic rings. The molecule has 1 heterocycles. The van der Waals surface area contributed by atoms with Crippen LogP contribution in [0, 0.1) is 12.3 Å². The number of aryl methyl sites for hydroxylation is 1. The van der Waals surface area contributed by atoms with Crippen LogP contribution in [-0.4, -0.2) is 42.8 Å². The summed E-state index contributed by atoms with van der Waals surface area (Å²) in [4.78, 5) is 2.45. The van der Waals surface area contributed by atoms with Gasteiger partial charge in [0.25, 0.3) is 0 Å². The third-order valence-corrected chi connectivity index (χ3v) is 4.54. The highest BCUT2D eigenvalue weighted by molar-refractivity contribution is 6.31. The van der Waals surface area contributed by atoms with Crippen molar-refractivity contribution in [2.24, 2.45) is 5.41 Å². The van der Waals surface area contributed by atoms with Crippen molar-refractivity contribution in [3.63, 3.8) is 0 Å². The summed E-state index contributed by atoms with van der Waals surface area (Å²) in [7, 11) is 0. The minimum atomic E-state index is -0.229. The van der Waals surface area contributed by atoms with Crippen LogP contribution in [0.1, 0.15) is 31.0 Å². The van der Waals surface area contributed by atoms with Gasteiger partial charge >= 0.3 is 0 Å². The van der Waals surface area contributed by atoms with Crippen molar-refractivity contribution in [2.45, 2.75) is 26.8 Å². The molecule has 1 atom stereocenters. The van der Waals surface area contributed by atoms with Gasteiger partial charge in [0.05, 0.1) is 0 Å². The Hall–Kier alpha value is -0.320. The number of halogens is 2. The highest BCUT2D eigenvalue weighted by Gasteiger charge is 2.37. The molecule has 0 amide bonds. The van der Waals surface area contributed by atoms with Crippen molar-refractivity contribution in [1.29, 1.82) is 0 Å². The fourth-order valence-electron chi connectivity index (χ4n) is 3.09. The van der Waals surface area contributed by atoms with Crippen molar-refractivity contribution in [3.05, 3.63) is 34.3 Å². The van der Waals surface area contributed by atoms with Crippen LogP contribution >= 0.6 is 24.0 Å². The lowest BCUT2D eigenvalue weighted by atomic mass is 9.78. The summed E-state index contributed by atoms with van der Waals surface area (Å²) in [5.74, 6) is 0. The van der Waals surface area contributed by atoms with E-state index in [4.69, 9.17) is 11.6 Å². The van der Waals surface area contributed by atoms with Gasteiger partial charge in [-0.05, 0) is 24.1 Å². The van der Waals surface area contributed by atoms with E-state index < -0.39 is 0 Å². The maximum absolute atomic E-state index is 9.85. The second-order valence-electron chi connectivity index (χ2n) is 6.31. The molecule has 1 aliphatic heterocycles. The lowest BCUT2D eigenvalue weighted by Crippen LogP contribution is -2.49. The predicted octanol–water partition coefficient (Wildman–Crippen LogP) is 3.04. The molecule has 1 fully saturated rings. The SMILES string of the molecule is Cc1cccc(Cl)c1[C@@H](N1CCNCC1)C(C)(C)CO.Cl. The number of rotatable bonds is 4. The number of hydrogen-bond acceptors (Lipinski definition) is 3. The first-order chi connectivity index (χ1) is 9.47. The largest absolute Gasteiger partial charge is 0.396 e. The summed E-state index contributed by atoms with van der Waals surface area (Å²) >= 11 is 6.48. The number of aliphatic hydroxyl groups is 1. The highest BCUT2D eigenvalue weighted by Crippen LogP contribution is 2.42. The number of hydrogen-bond donors (Lipinski definition) is 2. The number of piperazine rings is 1. The third kappa shape index (κ3) is 4.11. The molecule has 0 unspecified atom stereocenters. The third-order valence-electron chi connectivity index (χ3n) is 4.21. The minimum Gasteiger partial charge on any atom is -0.396 e. The second-order valence-corrected chi connectivity index (χ2v) is 6.71. The molecule has 0 aromatic heterocycles. The van der Waals surface area contributed by atoms with Gasteiger partial charge in [0.1, 0.15) is 0 Å². The van der Waals surface area contributed by atoms with Crippen molar-refractivity contribution in [2.75, 3.05) is 32.8 Å². The molecule has 2 N–H and O–H groups in total. The number of nitrogens with zero attached hydrogens (tertiary/aromatic N) is 1. The van der Waals surface area contributed by atoms with Crippen LogP contribution < -0.4 is 5.32 Å². The van der Waals surface area contributed by atoms with Crippen LogP contribution in [0.25, 0.3) is 0 Å². The summed E-state index contributed by atoms with van der Waals surface area (Å²) in [5, 5.41) is 14.0. The summed E-state index contributed by atoms with van der Waals surface area (Å²) in [6, 6.07) is 6.18. The fourth-order valence-corrected chi connectivity index (χ4v) is 3.41. The Morgan fingerprint density at radius 2 is 1.95 bits per heavy atom. The van der Waals surface area contributed by atoms with Crippen LogP contribution in [0.2, 0.25) is 5.02 Å². The van der Waals surface area contributed by atoms with Gasteiger partial charge in [0.15, 0.2) is 0 Å². The van der Waals surface area contributed by atoms with Gasteiger partial charge in [-0.15, -0.1) is 12.4 Å². The molecule has 0 saturated carbocycles. The number of nitrogens with one attached hydrogen (secondary N) is 1. The Morgan fingerprint density at radius 3 is 2.48 bits per heavy atom. The summed E-state index contributed by atoms with van der Waals surface area (Å²) in [6.45, 7) is 10.4. The van der Waals surface area contributed by atoms with E-state index in [0.29, 0.717) is 0 Å². The smallest absolute Gasteiger partial charge is 0.0500 e. The lowest BCUT2D eigenvalue weighted by Gasteiger charge is -2.44. The van der Waals surface area contributed by atoms with Gasteiger partial charge in [0, 0.05) is 49.3 Å². The quantitative estimate of drug-likeness (QED) is 0.889. The molecule has 21 heavy (non-hydrogen) atoms. The Morgan fingerprint density at radius 1 is 1.33 bits per heavy atom. The molecule has 1 saturated heterocycles. The first-order valence-corrected chi connectivity index (χ1v) is 7.66. The van der Waals surface area contributed by atoms with Crippen molar-refractivity contribution >= 4 is 24.0 Å². The van der Waals surface area contributed by atoms with Crippen LogP contribution in [-0.2, 0) is 0 Å². The molecule has 1 aliphatic rings. The fraction of sp³-hybridized carbons (Fsp3) is 0.625. The molecular weight excluding hydrogens is 307 g/mol.